The van der Waals surface area contributed by atoms with Gasteiger partial charge in [0.25, 0.3) is 0 Å². The van der Waals surface area contributed by atoms with Crippen LogP contribution < -0.4 is 9.64 Å². The Balaban J connectivity index is 1.92. The fraction of sp³-hybridized carbons (Fsp3) is 0.160. The molecule has 0 fully saturated rings. The molecule has 0 N–H and O–H groups in total. The molecule has 0 unspecified atom stereocenters. The Bertz CT molecular complexity index is 1130. The van der Waals surface area contributed by atoms with E-state index in [0.717, 1.165) is 39.3 Å². The van der Waals surface area contributed by atoms with Crippen LogP contribution in [-0.2, 0) is 11.3 Å². The maximum Gasteiger partial charge on any atom is 0.224 e. The van der Waals surface area contributed by atoms with Gasteiger partial charge in [0.2, 0.25) is 5.91 Å². The van der Waals surface area contributed by atoms with Gasteiger partial charge in [0, 0.05) is 17.5 Å². The van der Waals surface area contributed by atoms with Gasteiger partial charge in [-0.15, -0.1) is 0 Å². The Kier molecular flexibility index (Phi) is 5.16. The van der Waals surface area contributed by atoms with Crippen LogP contribution in [0.15, 0.2) is 54.6 Å². The van der Waals surface area contributed by atoms with Gasteiger partial charge in [0.15, 0.2) is 0 Å². The second kappa shape index (κ2) is 7.76. The minimum Gasteiger partial charge on any atom is -0.496 e. The van der Waals surface area contributed by atoms with Crippen molar-refractivity contribution in [3.63, 3.8) is 0 Å². The highest BCUT2D eigenvalue weighted by Gasteiger charge is 2.21. The molecular formula is C25H22ClNO2. The zero-order chi connectivity index (χ0) is 20.5. The van der Waals surface area contributed by atoms with Gasteiger partial charge in [0.05, 0.1) is 19.3 Å². The number of aryl methyl sites for hydroxylation is 1. The summed E-state index contributed by atoms with van der Waals surface area (Å²) in [6, 6.07) is 18.0. The van der Waals surface area contributed by atoms with Crippen LogP contribution in [0, 0.1) is 6.92 Å². The number of hydrogen-bond donors (Lipinski definition) is 0. The van der Waals surface area contributed by atoms with E-state index in [0.29, 0.717) is 11.6 Å². The summed E-state index contributed by atoms with van der Waals surface area (Å²) in [6.07, 6.45) is 4.06. The first-order valence-electron chi connectivity index (χ1n) is 9.50. The average molecular weight is 404 g/mol. The third-order valence-electron chi connectivity index (χ3n) is 5.33. The minimum absolute atomic E-state index is 0.0110. The van der Waals surface area contributed by atoms with E-state index in [1.165, 1.54) is 5.56 Å². The summed E-state index contributed by atoms with van der Waals surface area (Å²) in [6.45, 7) is 4.16. The van der Waals surface area contributed by atoms with E-state index >= 15 is 0 Å². The van der Waals surface area contributed by atoms with Crippen LogP contribution >= 0.6 is 11.6 Å². The third-order valence-corrected chi connectivity index (χ3v) is 5.56. The molecule has 3 aromatic carbocycles. The molecule has 4 heteroatoms. The number of amides is 1. The number of halogens is 1. The van der Waals surface area contributed by atoms with Crippen LogP contribution in [0.1, 0.15) is 29.2 Å². The number of benzene rings is 3. The molecule has 0 saturated heterocycles. The topological polar surface area (TPSA) is 29.5 Å². The molecule has 0 saturated carbocycles. The molecule has 1 aliphatic heterocycles. The van der Waals surface area contributed by atoms with Crippen LogP contribution in [-0.4, -0.2) is 13.0 Å². The zero-order valence-corrected chi connectivity index (χ0v) is 17.5. The van der Waals surface area contributed by atoms with Crippen LogP contribution in [0.2, 0.25) is 5.02 Å². The Morgan fingerprint density at radius 2 is 1.76 bits per heavy atom. The molecule has 146 valence electrons. The lowest BCUT2D eigenvalue weighted by molar-refractivity contribution is -0.116. The molecule has 1 heterocycles. The van der Waals surface area contributed by atoms with E-state index in [1.807, 2.05) is 42.5 Å². The lowest BCUT2D eigenvalue weighted by atomic mass is 9.93. The molecule has 0 atom stereocenters. The first-order valence-corrected chi connectivity index (χ1v) is 9.88. The second-order valence-corrected chi connectivity index (χ2v) is 7.64. The molecule has 1 amide bonds. The number of ether oxygens (including phenoxy) is 1. The van der Waals surface area contributed by atoms with Crippen molar-refractivity contribution in [1.82, 2.24) is 0 Å². The molecule has 29 heavy (non-hydrogen) atoms. The van der Waals surface area contributed by atoms with Gasteiger partial charge in [-0.3, -0.25) is 4.79 Å². The number of carbonyl (C=O) groups is 1. The standard InChI is InChI=1S/C25H22ClNO2/c1-16-6-4-5-7-22(16)23-13-20-15-27(17(2)28)24-11-10-21(26)12-19(24)9-8-18(20)14-25(23)29-3/h4-14H,15H2,1-3H3/b9-8-. The minimum atomic E-state index is -0.0110. The van der Waals surface area contributed by atoms with Gasteiger partial charge in [0.1, 0.15) is 5.75 Å². The quantitative estimate of drug-likeness (QED) is 0.498. The van der Waals surface area contributed by atoms with Crippen molar-refractivity contribution in [2.45, 2.75) is 20.4 Å². The van der Waals surface area contributed by atoms with E-state index in [9.17, 15) is 4.79 Å². The summed E-state index contributed by atoms with van der Waals surface area (Å²) >= 11 is 6.19. The second-order valence-electron chi connectivity index (χ2n) is 7.21. The van der Waals surface area contributed by atoms with Crippen LogP contribution in [0.4, 0.5) is 5.69 Å². The van der Waals surface area contributed by atoms with Gasteiger partial charge in [-0.1, -0.05) is 48.0 Å². The normalized spacial score (nSPS) is 13.7. The highest BCUT2D eigenvalue weighted by molar-refractivity contribution is 6.30. The zero-order valence-electron chi connectivity index (χ0n) is 16.7. The smallest absolute Gasteiger partial charge is 0.224 e. The van der Waals surface area contributed by atoms with Gasteiger partial charge in [-0.2, -0.15) is 0 Å². The van der Waals surface area contributed by atoms with E-state index in [2.05, 4.69) is 31.2 Å². The Morgan fingerprint density at radius 1 is 1.00 bits per heavy atom. The lowest BCUT2D eigenvalue weighted by Crippen LogP contribution is -2.29. The van der Waals surface area contributed by atoms with E-state index in [-0.39, 0.29) is 5.91 Å². The number of carbonyl (C=O) groups excluding carboxylic acids is 1. The number of rotatable bonds is 2. The largest absolute Gasteiger partial charge is 0.496 e. The highest BCUT2D eigenvalue weighted by Crippen LogP contribution is 2.38. The highest BCUT2D eigenvalue weighted by atomic mass is 35.5. The fourth-order valence-corrected chi connectivity index (χ4v) is 3.99. The van der Waals surface area contributed by atoms with E-state index < -0.39 is 0 Å². The van der Waals surface area contributed by atoms with Crippen molar-refractivity contribution < 1.29 is 9.53 Å². The molecular weight excluding hydrogens is 382 g/mol. The molecule has 0 spiro atoms. The summed E-state index contributed by atoms with van der Waals surface area (Å²) in [7, 11) is 1.69. The van der Waals surface area contributed by atoms with Crippen molar-refractivity contribution in [3.05, 3.63) is 81.9 Å². The van der Waals surface area contributed by atoms with Crippen molar-refractivity contribution in [2.24, 2.45) is 0 Å². The monoisotopic (exact) mass is 403 g/mol. The molecule has 3 nitrogen and oxygen atoms in total. The number of anilines is 1. The summed E-state index contributed by atoms with van der Waals surface area (Å²) in [5.41, 5.74) is 7.19. The maximum atomic E-state index is 12.5. The molecule has 0 radical (unpaired) electrons. The maximum absolute atomic E-state index is 12.5. The van der Waals surface area contributed by atoms with Gasteiger partial charge < -0.3 is 9.64 Å². The lowest BCUT2D eigenvalue weighted by Gasteiger charge is -2.27. The van der Waals surface area contributed by atoms with Crippen molar-refractivity contribution >= 4 is 35.3 Å². The predicted molar refractivity (Wildman–Crippen MR) is 120 cm³/mol. The number of methoxy groups -OCH3 is 1. The molecule has 0 aromatic heterocycles. The predicted octanol–water partition coefficient (Wildman–Crippen LogP) is 6.36. The van der Waals surface area contributed by atoms with Crippen LogP contribution in [0.25, 0.3) is 23.3 Å². The number of nitrogens with zero attached hydrogens (tertiary/aromatic N) is 1. The fourth-order valence-electron chi connectivity index (χ4n) is 3.81. The summed E-state index contributed by atoms with van der Waals surface area (Å²) in [4.78, 5) is 14.3. The van der Waals surface area contributed by atoms with Gasteiger partial charge >= 0.3 is 0 Å². The third kappa shape index (κ3) is 3.66. The molecule has 3 aromatic rings. The molecule has 4 rings (SSSR count). The van der Waals surface area contributed by atoms with Crippen molar-refractivity contribution in [3.8, 4) is 16.9 Å². The van der Waals surface area contributed by atoms with Gasteiger partial charge in [-0.25, -0.2) is 0 Å². The molecule has 1 aliphatic rings. The first-order chi connectivity index (χ1) is 14.0. The average Bonchev–Trinajstić information content (AvgIpc) is 2.69. The summed E-state index contributed by atoms with van der Waals surface area (Å²) < 4.78 is 5.72. The molecule has 0 aliphatic carbocycles. The summed E-state index contributed by atoms with van der Waals surface area (Å²) in [5, 5.41) is 0.644. The Hall–Kier alpha value is -3.04. The Morgan fingerprint density at radius 3 is 2.48 bits per heavy atom. The van der Waals surface area contributed by atoms with Crippen LogP contribution in [0.5, 0.6) is 5.75 Å². The van der Waals surface area contributed by atoms with E-state index in [1.54, 1.807) is 18.9 Å². The van der Waals surface area contributed by atoms with Gasteiger partial charge in [-0.05, 0) is 65.1 Å². The first kappa shape index (κ1) is 19.3. The van der Waals surface area contributed by atoms with Crippen LogP contribution in [0.3, 0.4) is 0 Å². The Labute approximate surface area is 176 Å². The van der Waals surface area contributed by atoms with E-state index in [4.69, 9.17) is 16.3 Å². The number of fused-ring (bicyclic) bond motifs is 2. The van der Waals surface area contributed by atoms with Crippen molar-refractivity contribution in [2.75, 3.05) is 12.0 Å². The molecule has 0 bridgehead atoms. The SMILES string of the molecule is COc1cc2c(cc1-c1ccccc1C)CN(C(C)=O)c1ccc(Cl)cc1/C=C\2. The summed E-state index contributed by atoms with van der Waals surface area (Å²) in [5.74, 6) is 0.798. The number of hydrogen-bond acceptors (Lipinski definition) is 2. The van der Waals surface area contributed by atoms with Crippen molar-refractivity contribution in [1.29, 1.82) is 0 Å².